The van der Waals surface area contributed by atoms with Gasteiger partial charge < -0.3 is 15.6 Å². The Labute approximate surface area is 126 Å². The summed E-state index contributed by atoms with van der Waals surface area (Å²) in [5, 5.41) is 11.7. The third kappa shape index (κ3) is 3.23. The average molecular weight is 296 g/mol. The Bertz CT molecular complexity index is 584. The quantitative estimate of drug-likeness (QED) is 0.910. The molecule has 0 saturated carbocycles. The molecule has 110 valence electrons. The van der Waals surface area contributed by atoms with Crippen LogP contribution in [0.3, 0.4) is 0 Å². The van der Waals surface area contributed by atoms with Gasteiger partial charge in [0.2, 0.25) is 0 Å². The smallest absolute Gasteiger partial charge is 0.119 e. The second-order valence-corrected chi connectivity index (χ2v) is 5.60. The lowest BCUT2D eigenvalue weighted by atomic mass is 9.81. The lowest BCUT2D eigenvalue weighted by molar-refractivity contribution is 0.132. The highest BCUT2D eigenvalue weighted by Gasteiger charge is 2.26. The van der Waals surface area contributed by atoms with Gasteiger partial charge in [0.1, 0.15) is 5.75 Å². The molecule has 0 saturated heterocycles. The van der Waals surface area contributed by atoms with E-state index in [1.807, 2.05) is 44.2 Å². The number of nitrogens with two attached hydrogens (primary N) is 1. The summed E-state index contributed by atoms with van der Waals surface area (Å²) >= 11 is 0. The SMILES string of the molecule is COc1ccc2cc([C@H](N)C(C)(C)CO)ccc2c1.Cl. The fraction of sp³-hybridized carbons (Fsp3) is 0.375. The summed E-state index contributed by atoms with van der Waals surface area (Å²) < 4.78 is 5.21. The van der Waals surface area contributed by atoms with Gasteiger partial charge in [-0.05, 0) is 34.5 Å². The van der Waals surface area contributed by atoms with E-state index in [1.54, 1.807) is 7.11 Å². The first-order valence-electron chi connectivity index (χ1n) is 6.42. The predicted molar refractivity (Wildman–Crippen MR) is 85.5 cm³/mol. The van der Waals surface area contributed by atoms with Gasteiger partial charge in [-0.25, -0.2) is 0 Å². The van der Waals surface area contributed by atoms with E-state index in [-0.39, 0.29) is 30.5 Å². The van der Waals surface area contributed by atoms with Crippen molar-refractivity contribution in [2.24, 2.45) is 11.1 Å². The monoisotopic (exact) mass is 295 g/mol. The molecule has 0 aromatic heterocycles. The third-order valence-corrected chi connectivity index (χ3v) is 3.68. The van der Waals surface area contributed by atoms with Gasteiger partial charge in [0, 0.05) is 18.1 Å². The summed E-state index contributed by atoms with van der Waals surface area (Å²) in [5.74, 6) is 0.847. The number of fused-ring (bicyclic) bond motifs is 1. The third-order valence-electron chi connectivity index (χ3n) is 3.68. The Hall–Kier alpha value is -1.29. The van der Waals surface area contributed by atoms with Crippen LogP contribution < -0.4 is 10.5 Å². The topological polar surface area (TPSA) is 55.5 Å². The Kier molecular flexibility index (Phi) is 5.40. The standard InChI is InChI=1S/C16H21NO2.ClH/c1-16(2,10-18)15(17)13-5-4-12-9-14(19-3)7-6-11(12)8-13;/h4-9,15,18H,10,17H2,1-3H3;1H/t15-;/m0./s1. The van der Waals surface area contributed by atoms with Crippen molar-refractivity contribution in [1.82, 2.24) is 0 Å². The number of rotatable bonds is 4. The van der Waals surface area contributed by atoms with Crippen molar-refractivity contribution in [3.8, 4) is 5.75 Å². The Morgan fingerprint density at radius 2 is 1.75 bits per heavy atom. The summed E-state index contributed by atoms with van der Waals surface area (Å²) in [6.07, 6.45) is 0. The van der Waals surface area contributed by atoms with Crippen LogP contribution in [0.2, 0.25) is 0 Å². The largest absolute Gasteiger partial charge is 0.497 e. The van der Waals surface area contributed by atoms with Gasteiger partial charge in [0.25, 0.3) is 0 Å². The van der Waals surface area contributed by atoms with Crippen molar-refractivity contribution in [2.75, 3.05) is 13.7 Å². The Morgan fingerprint density at radius 1 is 1.15 bits per heavy atom. The maximum absolute atomic E-state index is 9.41. The minimum Gasteiger partial charge on any atom is -0.497 e. The predicted octanol–water partition coefficient (Wildman–Crippen LogP) is 3.29. The van der Waals surface area contributed by atoms with Gasteiger partial charge in [-0.15, -0.1) is 12.4 Å². The molecule has 2 aromatic rings. The van der Waals surface area contributed by atoms with E-state index in [9.17, 15) is 5.11 Å². The van der Waals surface area contributed by atoms with Crippen LogP contribution in [0.5, 0.6) is 5.75 Å². The van der Waals surface area contributed by atoms with Gasteiger partial charge in [-0.2, -0.15) is 0 Å². The molecule has 1 atom stereocenters. The summed E-state index contributed by atoms with van der Waals surface area (Å²) in [6, 6.07) is 11.9. The summed E-state index contributed by atoms with van der Waals surface area (Å²) in [6.45, 7) is 4.00. The van der Waals surface area contributed by atoms with Crippen molar-refractivity contribution < 1.29 is 9.84 Å². The van der Waals surface area contributed by atoms with Crippen molar-refractivity contribution in [2.45, 2.75) is 19.9 Å². The van der Waals surface area contributed by atoms with Crippen LogP contribution in [0, 0.1) is 5.41 Å². The van der Waals surface area contributed by atoms with Gasteiger partial charge in [-0.3, -0.25) is 0 Å². The maximum Gasteiger partial charge on any atom is 0.119 e. The van der Waals surface area contributed by atoms with E-state index in [4.69, 9.17) is 10.5 Å². The highest BCUT2D eigenvalue weighted by atomic mass is 35.5. The molecule has 2 aromatic carbocycles. The number of aliphatic hydroxyl groups is 1. The van der Waals surface area contributed by atoms with E-state index < -0.39 is 0 Å². The van der Waals surface area contributed by atoms with E-state index in [1.165, 1.54) is 0 Å². The molecule has 0 heterocycles. The van der Waals surface area contributed by atoms with Crippen LogP contribution in [0.25, 0.3) is 10.8 Å². The van der Waals surface area contributed by atoms with Crippen LogP contribution in [0.15, 0.2) is 36.4 Å². The molecule has 0 bridgehead atoms. The molecular formula is C16H22ClNO2. The molecule has 2 rings (SSSR count). The fourth-order valence-electron chi connectivity index (χ4n) is 2.11. The van der Waals surface area contributed by atoms with Crippen LogP contribution >= 0.6 is 12.4 Å². The van der Waals surface area contributed by atoms with Crippen molar-refractivity contribution >= 4 is 23.2 Å². The molecule has 0 unspecified atom stereocenters. The van der Waals surface area contributed by atoms with Crippen LogP contribution in [-0.2, 0) is 0 Å². The van der Waals surface area contributed by atoms with Gasteiger partial charge in [0.05, 0.1) is 7.11 Å². The normalized spacial score (nSPS) is 12.8. The zero-order valence-electron chi connectivity index (χ0n) is 12.1. The number of benzene rings is 2. The summed E-state index contributed by atoms with van der Waals surface area (Å²) in [4.78, 5) is 0. The number of methoxy groups -OCH3 is 1. The highest BCUT2D eigenvalue weighted by Crippen LogP contribution is 2.32. The molecule has 0 amide bonds. The molecule has 4 heteroatoms. The first-order valence-corrected chi connectivity index (χ1v) is 6.42. The molecule has 0 aliphatic heterocycles. The van der Waals surface area contributed by atoms with Crippen molar-refractivity contribution in [3.05, 3.63) is 42.0 Å². The Morgan fingerprint density at radius 3 is 2.35 bits per heavy atom. The number of aliphatic hydroxyl groups excluding tert-OH is 1. The second-order valence-electron chi connectivity index (χ2n) is 5.60. The molecule has 0 spiro atoms. The zero-order chi connectivity index (χ0) is 14.0. The van der Waals surface area contributed by atoms with E-state index in [2.05, 4.69) is 6.07 Å². The molecule has 20 heavy (non-hydrogen) atoms. The number of hydrogen-bond acceptors (Lipinski definition) is 3. The average Bonchev–Trinajstić information content (AvgIpc) is 2.45. The van der Waals surface area contributed by atoms with Crippen LogP contribution in [-0.4, -0.2) is 18.8 Å². The minimum atomic E-state index is -0.333. The lowest BCUT2D eigenvalue weighted by Crippen LogP contribution is -2.32. The number of hydrogen-bond donors (Lipinski definition) is 2. The highest BCUT2D eigenvalue weighted by molar-refractivity contribution is 5.85. The molecule has 0 radical (unpaired) electrons. The van der Waals surface area contributed by atoms with Gasteiger partial charge in [0.15, 0.2) is 0 Å². The van der Waals surface area contributed by atoms with Crippen molar-refractivity contribution in [1.29, 1.82) is 0 Å². The fourth-order valence-corrected chi connectivity index (χ4v) is 2.11. The summed E-state index contributed by atoms with van der Waals surface area (Å²) in [5.41, 5.74) is 6.95. The first kappa shape index (κ1) is 16.8. The molecule has 3 nitrogen and oxygen atoms in total. The summed E-state index contributed by atoms with van der Waals surface area (Å²) in [7, 11) is 1.66. The molecule has 0 aliphatic carbocycles. The van der Waals surface area contributed by atoms with Crippen LogP contribution in [0.4, 0.5) is 0 Å². The van der Waals surface area contributed by atoms with Crippen LogP contribution in [0.1, 0.15) is 25.5 Å². The number of halogens is 1. The van der Waals surface area contributed by atoms with E-state index in [0.717, 1.165) is 22.1 Å². The zero-order valence-corrected chi connectivity index (χ0v) is 12.9. The van der Waals surface area contributed by atoms with Gasteiger partial charge >= 0.3 is 0 Å². The molecule has 0 aliphatic rings. The minimum absolute atomic E-state index is 0. The molecular weight excluding hydrogens is 274 g/mol. The Balaban J connectivity index is 0.00000200. The lowest BCUT2D eigenvalue weighted by Gasteiger charge is -2.30. The van der Waals surface area contributed by atoms with E-state index >= 15 is 0 Å². The number of ether oxygens (including phenoxy) is 1. The molecule has 0 fully saturated rings. The molecule has 3 N–H and O–H groups in total. The van der Waals surface area contributed by atoms with E-state index in [0.29, 0.717) is 0 Å². The maximum atomic E-state index is 9.41. The van der Waals surface area contributed by atoms with Crippen molar-refractivity contribution in [3.63, 3.8) is 0 Å². The second kappa shape index (κ2) is 6.44. The van der Waals surface area contributed by atoms with Gasteiger partial charge in [-0.1, -0.05) is 32.0 Å². The first-order chi connectivity index (χ1) is 8.97.